The lowest BCUT2D eigenvalue weighted by Crippen LogP contribution is -2.54. The minimum absolute atomic E-state index is 0.117. The Bertz CT molecular complexity index is 293. The maximum atomic E-state index is 12.3. The highest BCUT2D eigenvalue weighted by Crippen LogP contribution is 2.33. The van der Waals surface area contributed by atoms with Crippen molar-refractivity contribution < 1.29 is 14.3 Å². The van der Waals surface area contributed by atoms with E-state index < -0.39 is 5.54 Å². The number of esters is 1. The summed E-state index contributed by atoms with van der Waals surface area (Å²) < 4.78 is 11.2. The van der Waals surface area contributed by atoms with Gasteiger partial charge in [-0.1, -0.05) is 19.8 Å². The summed E-state index contributed by atoms with van der Waals surface area (Å²) in [6.45, 7) is 9.41. The summed E-state index contributed by atoms with van der Waals surface area (Å²) >= 11 is 0. The highest BCUT2D eigenvalue weighted by atomic mass is 16.5. The summed E-state index contributed by atoms with van der Waals surface area (Å²) in [5, 5.41) is 3.42. The Morgan fingerprint density at radius 1 is 1.35 bits per heavy atom. The van der Waals surface area contributed by atoms with Crippen molar-refractivity contribution in [1.82, 2.24) is 5.32 Å². The van der Waals surface area contributed by atoms with Gasteiger partial charge in [0.1, 0.15) is 5.54 Å². The van der Waals surface area contributed by atoms with Gasteiger partial charge in [0.15, 0.2) is 0 Å². The standard InChI is InChI=1S/C16H31NO3/c1-5-7-8-11-20-14-9-10-16(12-14,17-13(3)4)15(18)19-6-2/h13-14,17H,5-12H2,1-4H3. The molecule has 118 valence electrons. The summed E-state index contributed by atoms with van der Waals surface area (Å²) in [4.78, 5) is 12.3. The molecule has 1 saturated carbocycles. The first-order chi connectivity index (χ1) is 9.54. The molecule has 2 atom stereocenters. The number of hydrogen-bond donors (Lipinski definition) is 1. The van der Waals surface area contributed by atoms with Crippen molar-refractivity contribution in [2.24, 2.45) is 0 Å². The lowest BCUT2D eigenvalue weighted by molar-refractivity contribution is -0.151. The molecular formula is C16H31NO3. The minimum atomic E-state index is -0.542. The topological polar surface area (TPSA) is 47.6 Å². The lowest BCUT2D eigenvalue weighted by Gasteiger charge is -2.30. The molecule has 4 heteroatoms. The van der Waals surface area contributed by atoms with E-state index in [0.717, 1.165) is 32.3 Å². The molecule has 0 aromatic rings. The van der Waals surface area contributed by atoms with E-state index in [0.29, 0.717) is 6.61 Å². The molecule has 0 heterocycles. The normalized spacial score (nSPS) is 26.1. The van der Waals surface area contributed by atoms with Gasteiger partial charge in [0.05, 0.1) is 12.7 Å². The van der Waals surface area contributed by atoms with E-state index in [1.807, 2.05) is 6.92 Å². The van der Waals surface area contributed by atoms with E-state index in [1.54, 1.807) is 0 Å². The van der Waals surface area contributed by atoms with Crippen LogP contribution in [0.3, 0.4) is 0 Å². The average Bonchev–Trinajstić information content (AvgIpc) is 2.79. The smallest absolute Gasteiger partial charge is 0.326 e. The molecule has 1 aliphatic rings. The van der Waals surface area contributed by atoms with Crippen LogP contribution in [0.15, 0.2) is 0 Å². The SMILES string of the molecule is CCCCCOC1CCC(NC(C)C)(C(=O)OCC)C1. The zero-order valence-corrected chi connectivity index (χ0v) is 13.5. The van der Waals surface area contributed by atoms with E-state index >= 15 is 0 Å². The molecule has 0 aromatic carbocycles. The molecule has 1 fully saturated rings. The van der Waals surface area contributed by atoms with Gasteiger partial charge in [0.2, 0.25) is 0 Å². The molecule has 0 spiro atoms. The van der Waals surface area contributed by atoms with Gasteiger partial charge in [-0.15, -0.1) is 0 Å². The number of carbonyl (C=O) groups excluding carboxylic acids is 1. The number of carbonyl (C=O) groups is 1. The van der Waals surface area contributed by atoms with Crippen LogP contribution in [0.4, 0.5) is 0 Å². The summed E-state index contributed by atoms with van der Waals surface area (Å²) in [6, 6.07) is 0.262. The van der Waals surface area contributed by atoms with Crippen molar-refractivity contribution >= 4 is 5.97 Å². The van der Waals surface area contributed by atoms with Crippen LogP contribution in [0.5, 0.6) is 0 Å². The van der Waals surface area contributed by atoms with Crippen molar-refractivity contribution in [2.45, 2.75) is 83.9 Å². The Kier molecular flexibility index (Phi) is 7.52. The Morgan fingerprint density at radius 2 is 2.10 bits per heavy atom. The Balaban J connectivity index is 2.53. The molecule has 0 saturated heterocycles. The van der Waals surface area contributed by atoms with E-state index in [4.69, 9.17) is 9.47 Å². The zero-order valence-electron chi connectivity index (χ0n) is 13.5. The number of ether oxygens (including phenoxy) is 2. The molecule has 0 aliphatic heterocycles. The molecule has 1 N–H and O–H groups in total. The maximum absolute atomic E-state index is 12.3. The highest BCUT2D eigenvalue weighted by molar-refractivity contribution is 5.81. The summed E-state index contributed by atoms with van der Waals surface area (Å²) in [5.74, 6) is -0.117. The van der Waals surface area contributed by atoms with Crippen molar-refractivity contribution in [3.63, 3.8) is 0 Å². The lowest BCUT2D eigenvalue weighted by atomic mass is 9.96. The maximum Gasteiger partial charge on any atom is 0.326 e. The Morgan fingerprint density at radius 3 is 2.70 bits per heavy atom. The Hall–Kier alpha value is -0.610. The van der Waals surface area contributed by atoms with Crippen LogP contribution >= 0.6 is 0 Å². The molecule has 0 bridgehead atoms. The van der Waals surface area contributed by atoms with Crippen molar-refractivity contribution in [3.05, 3.63) is 0 Å². The molecule has 0 aromatic heterocycles. The monoisotopic (exact) mass is 285 g/mol. The summed E-state index contributed by atoms with van der Waals surface area (Å²) in [6.07, 6.45) is 6.18. The van der Waals surface area contributed by atoms with Crippen LogP contribution < -0.4 is 5.32 Å². The third-order valence-electron chi connectivity index (χ3n) is 3.80. The first-order valence-electron chi connectivity index (χ1n) is 8.10. The minimum Gasteiger partial charge on any atom is -0.465 e. The second kappa shape index (κ2) is 8.63. The fourth-order valence-electron chi connectivity index (χ4n) is 2.94. The van der Waals surface area contributed by atoms with Gasteiger partial charge in [0, 0.05) is 19.1 Å². The second-order valence-electron chi connectivity index (χ2n) is 6.04. The van der Waals surface area contributed by atoms with Crippen LogP contribution in [0, 0.1) is 0 Å². The van der Waals surface area contributed by atoms with Gasteiger partial charge in [0.25, 0.3) is 0 Å². The van der Waals surface area contributed by atoms with E-state index in [2.05, 4.69) is 26.1 Å². The fraction of sp³-hybridized carbons (Fsp3) is 0.938. The molecule has 1 aliphatic carbocycles. The van der Waals surface area contributed by atoms with E-state index in [-0.39, 0.29) is 18.1 Å². The van der Waals surface area contributed by atoms with Gasteiger partial charge < -0.3 is 9.47 Å². The first kappa shape index (κ1) is 17.4. The predicted octanol–water partition coefficient (Wildman–Crippen LogP) is 3.05. The zero-order chi connectivity index (χ0) is 15.0. The highest BCUT2D eigenvalue weighted by Gasteiger charge is 2.47. The quantitative estimate of drug-likeness (QED) is 0.522. The van der Waals surface area contributed by atoms with Crippen LogP contribution in [0.25, 0.3) is 0 Å². The number of nitrogens with one attached hydrogen (secondary N) is 1. The van der Waals surface area contributed by atoms with E-state index in [9.17, 15) is 4.79 Å². The van der Waals surface area contributed by atoms with Gasteiger partial charge in [-0.05, 0) is 40.0 Å². The van der Waals surface area contributed by atoms with Crippen LogP contribution in [0.1, 0.15) is 66.2 Å². The van der Waals surface area contributed by atoms with Crippen LogP contribution in [-0.4, -0.2) is 36.9 Å². The first-order valence-corrected chi connectivity index (χ1v) is 8.10. The molecule has 20 heavy (non-hydrogen) atoms. The third-order valence-corrected chi connectivity index (χ3v) is 3.80. The average molecular weight is 285 g/mol. The molecule has 1 rings (SSSR count). The predicted molar refractivity (Wildman–Crippen MR) is 80.8 cm³/mol. The fourth-order valence-corrected chi connectivity index (χ4v) is 2.94. The van der Waals surface area contributed by atoms with Crippen molar-refractivity contribution in [2.75, 3.05) is 13.2 Å². The number of rotatable bonds is 9. The van der Waals surface area contributed by atoms with Crippen molar-refractivity contribution in [1.29, 1.82) is 0 Å². The van der Waals surface area contributed by atoms with Crippen LogP contribution in [-0.2, 0) is 14.3 Å². The largest absolute Gasteiger partial charge is 0.465 e. The van der Waals surface area contributed by atoms with Gasteiger partial charge >= 0.3 is 5.97 Å². The number of unbranched alkanes of at least 4 members (excludes halogenated alkanes) is 2. The summed E-state index contributed by atoms with van der Waals surface area (Å²) in [5.41, 5.74) is -0.542. The van der Waals surface area contributed by atoms with Gasteiger partial charge in [-0.2, -0.15) is 0 Å². The summed E-state index contributed by atoms with van der Waals surface area (Å²) in [7, 11) is 0. The Labute approximate surface area is 123 Å². The second-order valence-corrected chi connectivity index (χ2v) is 6.04. The molecule has 2 unspecified atom stereocenters. The third kappa shape index (κ3) is 5.06. The molecular weight excluding hydrogens is 254 g/mol. The molecule has 4 nitrogen and oxygen atoms in total. The van der Waals surface area contributed by atoms with Gasteiger partial charge in [-0.3, -0.25) is 10.1 Å². The number of hydrogen-bond acceptors (Lipinski definition) is 4. The van der Waals surface area contributed by atoms with Crippen molar-refractivity contribution in [3.8, 4) is 0 Å². The molecule has 0 radical (unpaired) electrons. The van der Waals surface area contributed by atoms with Crippen LogP contribution in [0.2, 0.25) is 0 Å². The van der Waals surface area contributed by atoms with E-state index in [1.165, 1.54) is 12.8 Å². The van der Waals surface area contributed by atoms with Gasteiger partial charge in [-0.25, -0.2) is 0 Å². The molecule has 0 amide bonds.